The summed E-state index contributed by atoms with van der Waals surface area (Å²) in [6, 6.07) is 14.5. The van der Waals surface area contributed by atoms with E-state index in [0.29, 0.717) is 23.0 Å². The van der Waals surface area contributed by atoms with Crippen molar-refractivity contribution in [1.82, 2.24) is 19.7 Å². The van der Waals surface area contributed by atoms with Crippen LogP contribution in [0, 0.1) is 32.1 Å². The van der Waals surface area contributed by atoms with Crippen molar-refractivity contribution in [2.45, 2.75) is 33.2 Å². The van der Waals surface area contributed by atoms with Crippen LogP contribution in [0.4, 0.5) is 0 Å². The summed E-state index contributed by atoms with van der Waals surface area (Å²) in [5.74, 6) is 0.284. The minimum Gasteiger partial charge on any atom is -0.481 e. The van der Waals surface area contributed by atoms with Crippen LogP contribution < -0.4 is 0 Å². The predicted molar refractivity (Wildman–Crippen MR) is 128 cm³/mol. The molecule has 9 heteroatoms. The Hall–Kier alpha value is -4.16. The van der Waals surface area contributed by atoms with Crippen molar-refractivity contribution < 1.29 is 9.90 Å². The van der Waals surface area contributed by atoms with Gasteiger partial charge in [0.25, 0.3) is 0 Å². The highest BCUT2D eigenvalue weighted by atomic mass is 32.1. The first-order chi connectivity index (χ1) is 16.4. The van der Waals surface area contributed by atoms with Crippen molar-refractivity contribution in [3.8, 4) is 22.3 Å². The van der Waals surface area contributed by atoms with Crippen LogP contribution in [0.1, 0.15) is 51.4 Å². The average Bonchev–Trinajstić information content (AvgIpc) is 3.31. The zero-order chi connectivity index (χ0) is 24.0. The molecular formula is C25H20N6O2S. The van der Waals surface area contributed by atoms with E-state index in [9.17, 15) is 9.90 Å². The van der Waals surface area contributed by atoms with E-state index in [1.807, 2.05) is 47.9 Å². The number of rotatable bonds is 4. The van der Waals surface area contributed by atoms with Gasteiger partial charge in [0.2, 0.25) is 0 Å². The fraction of sp³-hybridized carbons (Fsp3) is 0.200. The largest absolute Gasteiger partial charge is 0.481 e. The van der Waals surface area contributed by atoms with E-state index < -0.39 is 12.0 Å². The number of aryl methyl sites for hydroxylation is 2. The van der Waals surface area contributed by atoms with Gasteiger partial charge < -0.3 is 5.11 Å². The van der Waals surface area contributed by atoms with Gasteiger partial charge in [0, 0.05) is 21.6 Å². The molecule has 34 heavy (non-hydrogen) atoms. The summed E-state index contributed by atoms with van der Waals surface area (Å²) in [4.78, 5) is 22.1. The highest BCUT2D eigenvalue weighted by molar-refractivity contribution is 7.15. The summed E-state index contributed by atoms with van der Waals surface area (Å²) in [6.07, 6.45) is -0.183. The topological polar surface area (TPSA) is 117 Å². The molecule has 0 bridgehead atoms. The number of thiophene rings is 1. The summed E-state index contributed by atoms with van der Waals surface area (Å²) in [5, 5.41) is 28.2. The predicted octanol–water partition coefficient (Wildman–Crippen LogP) is 4.55. The van der Waals surface area contributed by atoms with Gasteiger partial charge in [-0.2, -0.15) is 5.26 Å². The van der Waals surface area contributed by atoms with Gasteiger partial charge in [0.05, 0.1) is 17.8 Å². The fourth-order valence-electron chi connectivity index (χ4n) is 4.15. The van der Waals surface area contributed by atoms with E-state index in [1.165, 1.54) is 0 Å². The van der Waals surface area contributed by atoms with Gasteiger partial charge in [0.1, 0.15) is 28.6 Å². The molecule has 4 aromatic rings. The van der Waals surface area contributed by atoms with Crippen LogP contribution in [-0.2, 0) is 4.79 Å². The number of nitrogens with zero attached hydrogens (tertiary/aromatic N) is 6. The first kappa shape index (κ1) is 21.7. The number of carbonyl (C=O) groups is 1. The second-order valence-electron chi connectivity index (χ2n) is 8.09. The first-order valence-electron chi connectivity index (χ1n) is 10.7. The number of aliphatic imine (C=N–C) groups is 1. The molecule has 0 fully saturated rings. The maximum atomic E-state index is 11.7. The van der Waals surface area contributed by atoms with Gasteiger partial charge in [-0.1, -0.05) is 30.3 Å². The lowest BCUT2D eigenvalue weighted by atomic mass is 9.98. The lowest BCUT2D eigenvalue weighted by molar-refractivity contribution is -0.137. The van der Waals surface area contributed by atoms with Crippen LogP contribution in [0.25, 0.3) is 16.3 Å². The molecular weight excluding hydrogens is 448 g/mol. The molecule has 8 nitrogen and oxygen atoms in total. The van der Waals surface area contributed by atoms with Crippen molar-refractivity contribution in [2.24, 2.45) is 4.99 Å². The molecule has 1 aromatic carbocycles. The summed E-state index contributed by atoms with van der Waals surface area (Å²) in [7, 11) is 0. The lowest BCUT2D eigenvalue weighted by Crippen LogP contribution is -2.10. The van der Waals surface area contributed by atoms with Crippen LogP contribution in [0.2, 0.25) is 0 Å². The summed E-state index contributed by atoms with van der Waals surface area (Å²) < 4.78 is 1.94. The Balaban J connectivity index is 1.67. The third-order valence-electron chi connectivity index (χ3n) is 5.93. The molecule has 168 valence electrons. The number of pyridine rings is 1. The van der Waals surface area contributed by atoms with Crippen LogP contribution >= 0.6 is 11.3 Å². The Morgan fingerprint density at radius 2 is 1.85 bits per heavy atom. The summed E-state index contributed by atoms with van der Waals surface area (Å²) >= 11 is 1.63. The molecule has 0 unspecified atom stereocenters. The Morgan fingerprint density at radius 1 is 1.12 bits per heavy atom. The highest BCUT2D eigenvalue weighted by Gasteiger charge is 2.32. The first-order valence-corrected chi connectivity index (χ1v) is 11.5. The number of benzene rings is 1. The molecule has 0 spiro atoms. The fourth-order valence-corrected chi connectivity index (χ4v) is 5.36. The quantitative estimate of drug-likeness (QED) is 0.469. The molecule has 1 aliphatic rings. The molecule has 1 aliphatic heterocycles. The van der Waals surface area contributed by atoms with Gasteiger partial charge in [-0.3, -0.25) is 14.4 Å². The van der Waals surface area contributed by atoms with Crippen molar-refractivity contribution in [1.29, 1.82) is 5.26 Å². The molecule has 0 saturated heterocycles. The maximum absolute atomic E-state index is 11.7. The Labute approximate surface area is 199 Å². The normalized spacial score (nSPS) is 14.5. The molecule has 4 heterocycles. The maximum Gasteiger partial charge on any atom is 0.306 e. The molecule has 0 radical (unpaired) electrons. The SMILES string of the molecule is Cc1sc2c(c1C)C(c1ccc(-c3cccc(C#N)n3)cc1)=N[C@@H](CC(=O)O)c1nnc(C)n1-2. The lowest BCUT2D eigenvalue weighted by Gasteiger charge is -2.11. The minimum absolute atomic E-state index is 0.183. The van der Waals surface area contributed by atoms with Crippen LogP contribution in [0.15, 0.2) is 47.5 Å². The van der Waals surface area contributed by atoms with Crippen LogP contribution in [-0.4, -0.2) is 36.5 Å². The van der Waals surface area contributed by atoms with Gasteiger partial charge in [0.15, 0.2) is 5.82 Å². The van der Waals surface area contributed by atoms with Crippen molar-refractivity contribution in [3.63, 3.8) is 0 Å². The minimum atomic E-state index is -0.947. The third-order valence-corrected chi connectivity index (χ3v) is 7.12. The molecule has 3 aromatic heterocycles. The molecule has 1 N–H and O–H groups in total. The monoisotopic (exact) mass is 468 g/mol. The third kappa shape index (κ3) is 3.58. The number of carboxylic acids is 1. The van der Waals surface area contributed by atoms with Gasteiger partial charge in [-0.15, -0.1) is 21.5 Å². The number of hydrogen-bond donors (Lipinski definition) is 1. The Bertz CT molecular complexity index is 1510. The van der Waals surface area contributed by atoms with E-state index in [2.05, 4.69) is 35.1 Å². The number of nitriles is 1. The van der Waals surface area contributed by atoms with Crippen molar-refractivity contribution in [2.75, 3.05) is 0 Å². The number of fused-ring (bicyclic) bond motifs is 3. The van der Waals surface area contributed by atoms with E-state index in [4.69, 9.17) is 10.3 Å². The second kappa shape index (κ2) is 8.32. The summed E-state index contributed by atoms with van der Waals surface area (Å²) in [6.45, 7) is 5.99. The molecule has 0 aliphatic carbocycles. The van der Waals surface area contributed by atoms with Crippen LogP contribution in [0.3, 0.4) is 0 Å². The number of hydrogen-bond acceptors (Lipinski definition) is 7. The Kier molecular flexibility index (Phi) is 5.30. The van der Waals surface area contributed by atoms with E-state index >= 15 is 0 Å². The van der Waals surface area contributed by atoms with Crippen molar-refractivity contribution in [3.05, 3.63) is 81.4 Å². The van der Waals surface area contributed by atoms with Gasteiger partial charge >= 0.3 is 5.97 Å². The zero-order valence-corrected chi connectivity index (χ0v) is 19.6. The number of aliphatic carboxylic acids is 1. The van der Waals surface area contributed by atoms with Crippen LogP contribution in [0.5, 0.6) is 0 Å². The molecule has 0 saturated carbocycles. The molecule has 1 atom stereocenters. The molecule has 0 amide bonds. The highest BCUT2D eigenvalue weighted by Crippen LogP contribution is 2.39. The number of aromatic nitrogens is 4. The van der Waals surface area contributed by atoms with E-state index in [1.54, 1.807) is 17.4 Å². The van der Waals surface area contributed by atoms with E-state index in [0.717, 1.165) is 37.8 Å². The number of carboxylic acid groups (broad SMARTS) is 1. The average molecular weight is 469 g/mol. The van der Waals surface area contributed by atoms with Crippen molar-refractivity contribution >= 4 is 23.0 Å². The standard InChI is InChI=1S/C25H20N6O2S/c1-13-14(2)34-25-22(13)23(28-20(11-21(32)33)24-30-29-15(3)31(24)25)17-9-7-16(8-10-17)19-6-4-5-18(12-26)27-19/h4-10,20H,11H2,1-3H3,(H,32,33)/t20-/m0/s1. The Morgan fingerprint density at radius 3 is 2.56 bits per heavy atom. The summed E-state index contributed by atoms with van der Waals surface area (Å²) in [5.41, 5.74) is 5.62. The van der Waals surface area contributed by atoms with Gasteiger partial charge in [-0.25, -0.2) is 4.98 Å². The van der Waals surface area contributed by atoms with Gasteiger partial charge in [-0.05, 0) is 38.5 Å². The second-order valence-corrected chi connectivity index (χ2v) is 9.30. The molecule has 5 rings (SSSR count). The smallest absolute Gasteiger partial charge is 0.306 e. The zero-order valence-electron chi connectivity index (χ0n) is 18.8. The van der Waals surface area contributed by atoms with E-state index in [-0.39, 0.29) is 6.42 Å².